The maximum Gasteiger partial charge on any atom is 0.183 e. The number of hydrogen-bond donors (Lipinski definition) is 1. The lowest BCUT2D eigenvalue weighted by molar-refractivity contribution is 0.0668. The van der Waals surface area contributed by atoms with Gasteiger partial charge in [0, 0.05) is 11.1 Å². The van der Waals surface area contributed by atoms with Gasteiger partial charge in [-0.25, -0.2) is 0 Å². The van der Waals surface area contributed by atoms with Crippen molar-refractivity contribution in [1.82, 2.24) is 9.80 Å². The van der Waals surface area contributed by atoms with Crippen LogP contribution in [0.3, 0.4) is 0 Å². The minimum atomic E-state index is -0.866. The number of Topliss-reactive ketones (excluding diaryl/α,β-unsaturated/α-hetero) is 2. The number of benzene rings is 2. The zero-order valence-electron chi connectivity index (χ0n) is 22.8. The van der Waals surface area contributed by atoms with Crippen LogP contribution < -0.4 is 0 Å². The highest BCUT2D eigenvalue weighted by Crippen LogP contribution is 2.30. The van der Waals surface area contributed by atoms with E-state index in [1.54, 1.807) is 60.7 Å². The molecule has 0 bridgehead atoms. The fraction of sp³-hybridized carbons (Fsp3) is 0.419. The lowest BCUT2D eigenvalue weighted by Crippen LogP contribution is -2.50. The van der Waals surface area contributed by atoms with Crippen LogP contribution in [0.2, 0.25) is 0 Å². The number of hydrogen-bond acceptors (Lipinski definition) is 5. The van der Waals surface area contributed by atoms with Crippen molar-refractivity contribution in [2.24, 2.45) is 0 Å². The Bertz CT molecular complexity index is 971. The number of aliphatic hydroxyl groups is 1. The minimum Gasteiger partial charge on any atom is -0.384 e. The Morgan fingerprint density at radius 1 is 0.750 bits per heavy atom. The van der Waals surface area contributed by atoms with Gasteiger partial charge in [-0.05, 0) is 65.0 Å². The van der Waals surface area contributed by atoms with Gasteiger partial charge in [-0.15, -0.1) is 13.2 Å². The molecule has 0 spiro atoms. The molecule has 2 unspecified atom stereocenters. The number of aliphatic hydroxyl groups excluding tert-OH is 1. The zero-order valence-corrected chi connectivity index (χ0v) is 22.8. The molecule has 0 heterocycles. The summed E-state index contributed by atoms with van der Waals surface area (Å²) in [4.78, 5) is 30.7. The van der Waals surface area contributed by atoms with E-state index in [0.29, 0.717) is 47.9 Å². The topological polar surface area (TPSA) is 60.9 Å². The second-order valence-corrected chi connectivity index (χ2v) is 9.85. The van der Waals surface area contributed by atoms with Crippen LogP contribution in [0.15, 0.2) is 73.8 Å². The summed E-state index contributed by atoms with van der Waals surface area (Å²) in [6.07, 6.45) is 5.16. The standard InChI is InChI=1S/C31H42N2O3/c1-9-21-30(11-3,32(5)6)28(35)25-17-13-23(14-18-25)27(34)24-15-19-26(20-16-24)29(36)31(12-4,22-10-2)33(7)8/h9-10,13-20,27,34H,1-2,11-12,21-22H2,3-8H3. The molecule has 0 saturated carbocycles. The van der Waals surface area contributed by atoms with E-state index in [-0.39, 0.29) is 11.6 Å². The fourth-order valence-corrected chi connectivity index (χ4v) is 5.04. The van der Waals surface area contributed by atoms with Crippen LogP contribution >= 0.6 is 0 Å². The molecule has 0 aliphatic carbocycles. The van der Waals surface area contributed by atoms with Gasteiger partial charge in [0.15, 0.2) is 11.6 Å². The number of likely N-dealkylation sites (N-methyl/N-ethyl adjacent to an activating group) is 2. The first kappa shape index (κ1) is 29.4. The molecule has 2 rings (SSSR count). The maximum absolute atomic E-state index is 13.4. The van der Waals surface area contributed by atoms with Crippen molar-refractivity contribution in [3.63, 3.8) is 0 Å². The van der Waals surface area contributed by atoms with Crippen molar-refractivity contribution in [3.05, 3.63) is 96.1 Å². The molecule has 194 valence electrons. The Labute approximate surface area is 217 Å². The highest BCUT2D eigenvalue weighted by atomic mass is 16.3. The van der Waals surface area contributed by atoms with E-state index in [2.05, 4.69) is 13.2 Å². The summed E-state index contributed by atoms with van der Waals surface area (Å²) in [6.45, 7) is 11.7. The summed E-state index contributed by atoms with van der Waals surface area (Å²) >= 11 is 0. The summed E-state index contributed by atoms with van der Waals surface area (Å²) in [5, 5.41) is 11.0. The maximum atomic E-state index is 13.4. The molecule has 2 aromatic carbocycles. The molecule has 0 aliphatic heterocycles. The second kappa shape index (κ2) is 12.4. The van der Waals surface area contributed by atoms with E-state index in [4.69, 9.17) is 0 Å². The first-order valence-corrected chi connectivity index (χ1v) is 12.6. The van der Waals surface area contributed by atoms with Crippen LogP contribution in [0.25, 0.3) is 0 Å². The van der Waals surface area contributed by atoms with Gasteiger partial charge in [-0.3, -0.25) is 19.4 Å². The molecule has 0 aliphatic rings. The van der Waals surface area contributed by atoms with Gasteiger partial charge in [-0.2, -0.15) is 0 Å². The summed E-state index contributed by atoms with van der Waals surface area (Å²) in [7, 11) is 7.66. The lowest BCUT2D eigenvalue weighted by atomic mass is 9.82. The summed E-state index contributed by atoms with van der Waals surface area (Å²) < 4.78 is 0. The predicted molar refractivity (Wildman–Crippen MR) is 149 cm³/mol. The van der Waals surface area contributed by atoms with Crippen molar-refractivity contribution in [2.45, 2.75) is 56.7 Å². The second-order valence-electron chi connectivity index (χ2n) is 9.85. The molecule has 0 fully saturated rings. The van der Waals surface area contributed by atoms with Gasteiger partial charge < -0.3 is 5.11 Å². The Hall–Kier alpha value is -2.86. The number of carbonyl (C=O) groups is 2. The normalized spacial score (nSPS) is 15.7. The molecular formula is C31H42N2O3. The average Bonchev–Trinajstić information content (AvgIpc) is 2.89. The van der Waals surface area contributed by atoms with Crippen LogP contribution in [0.1, 0.15) is 77.5 Å². The van der Waals surface area contributed by atoms with E-state index < -0.39 is 17.2 Å². The quantitative estimate of drug-likeness (QED) is 0.272. The van der Waals surface area contributed by atoms with Crippen molar-refractivity contribution in [3.8, 4) is 0 Å². The summed E-state index contributed by atoms with van der Waals surface area (Å²) in [5.74, 6) is 0.0808. The van der Waals surface area contributed by atoms with Gasteiger partial charge in [0.2, 0.25) is 0 Å². The van der Waals surface area contributed by atoms with Gasteiger partial charge in [0.25, 0.3) is 0 Å². The molecule has 5 heteroatoms. The van der Waals surface area contributed by atoms with E-state index in [1.807, 2.05) is 51.8 Å². The van der Waals surface area contributed by atoms with Crippen LogP contribution in [-0.2, 0) is 0 Å². The van der Waals surface area contributed by atoms with Gasteiger partial charge in [0.1, 0.15) is 6.10 Å². The third-order valence-corrected chi connectivity index (χ3v) is 7.67. The van der Waals surface area contributed by atoms with Crippen LogP contribution in [0.4, 0.5) is 0 Å². The van der Waals surface area contributed by atoms with E-state index in [1.165, 1.54) is 0 Å². The van der Waals surface area contributed by atoms with Gasteiger partial charge in [-0.1, -0.05) is 74.5 Å². The molecule has 0 aromatic heterocycles. The molecule has 0 radical (unpaired) electrons. The molecule has 0 saturated heterocycles. The largest absolute Gasteiger partial charge is 0.384 e. The van der Waals surface area contributed by atoms with Crippen molar-refractivity contribution < 1.29 is 14.7 Å². The summed E-state index contributed by atoms with van der Waals surface area (Å²) in [6, 6.07) is 14.3. The van der Waals surface area contributed by atoms with Crippen molar-refractivity contribution in [1.29, 1.82) is 0 Å². The van der Waals surface area contributed by atoms with Crippen molar-refractivity contribution >= 4 is 11.6 Å². The number of carbonyl (C=O) groups excluding carboxylic acids is 2. The molecular weight excluding hydrogens is 448 g/mol. The predicted octanol–water partition coefficient (Wildman–Crippen LogP) is 5.71. The summed E-state index contributed by atoms with van der Waals surface area (Å²) in [5.41, 5.74) is 1.29. The number of nitrogens with zero attached hydrogens (tertiary/aromatic N) is 2. The molecule has 1 N–H and O–H groups in total. The zero-order chi connectivity index (χ0) is 27.1. The Balaban J connectivity index is 2.29. The highest BCUT2D eigenvalue weighted by Gasteiger charge is 2.39. The third kappa shape index (κ3) is 5.59. The highest BCUT2D eigenvalue weighted by molar-refractivity contribution is 6.04. The molecule has 5 nitrogen and oxygen atoms in total. The Morgan fingerprint density at radius 2 is 1.06 bits per heavy atom. The van der Waals surface area contributed by atoms with Gasteiger partial charge in [0.05, 0.1) is 11.1 Å². The number of rotatable bonds is 14. The first-order valence-electron chi connectivity index (χ1n) is 12.6. The number of ketones is 2. The van der Waals surface area contributed by atoms with E-state index >= 15 is 0 Å². The monoisotopic (exact) mass is 490 g/mol. The van der Waals surface area contributed by atoms with Crippen molar-refractivity contribution in [2.75, 3.05) is 28.2 Å². The van der Waals surface area contributed by atoms with Crippen LogP contribution in [0.5, 0.6) is 0 Å². The van der Waals surface area contributed by atoms with Crippen LogP contribution in [0, 0.1) is 0 Å². The van der Waals surface area contributed by atoms with E-state index in [0.717, 1.165) is 0 Å². The smallest absolute Gasteiger partial charge is 0.183 e. The molecule has 2 aromatic rings. The minimum absolute atomic E-state index is 0.0404. The van der Waals surface area contributed by atoms with Crippen LogP contribution in [-0.4, -0.2) is 65.7 Å². The SMILES string of the molecule is C=CCC(CC)(C(=O)c1ccc(C(O)c2ccc(C(=O)C(CC)(CC=C)N(C)C)cc2)cc1)N(C)C. The Kier molecular flexibility index (Phi) is 10.1. The lowest BCUT2D eigenvalue weighted by Gasteiger charge is -2.37. The average molecular weight is 491 g/mol. The first-order chi connectivity index (χ1) is 17.0. The fourth-order valence-electron chi connectivity index (χ4n) is 5.04. The molecule has 0 amide bonds. The van der Waals surface area contributed by atoms with Gasteiger partial charge >= 0.3 is 0 Å². The third-order valence-electron chi connectivity index (χ3n) is 7.67. The molecule has 2 atom stereocenters. The molecule has 36 heavy (non-hydrogen) atoms. The Morgan fingerprint density at radius 3 is 1.28 bits per heavy atom. The van der Waals surface area contributed by atoms with E-state index in [9.17, 15) is 14.7 Å².